The largest absolute Gasteiger partial charge is 0.321 e. The maximum atomic E-state index is 12.4. The normalized spacial score (nSPS) is 42.8. The van der Waals surface area contributed by atoms with E-state index in [0.717, 1.165) is 12.3 Å². The highest BCUT2D eigenvalue weighted by Gasteiger charge is 2.45. The summed E-state index contributed by atoms with van der Waals surface area (Å²) < 4.78 is 0. The van der Waals surface area contributed by atoms with E-state index >= 15 is 0 Å². The van der Waals surface area contributed by atoms with Crippen molar-refractivity contribution in [2.75, 3.05) is 21.1 Å². The highest BCUT2D eigenvalue weighted by atomic mass is 32.2. The molecular weight excluding hydrogens is 232 g/mol. The molecule has 0 aromatic rings. The van der Waals surface area contributed by atoms with Crippen molar-refractivity contribution in [3.05, 3.63) is 0 Å². The number of amides is 1. The summed E-state index contributed by atoms with van der Waals surface area (Å²) in [5.74, 6) is 2.05. The van der Waals surface area contributed by atoms with Crippen molar-refractivity contribution in [2.24, 2.45) is 17.8 Å². The zero-order valence-corrected chi connectivity index (χ0v) is 12.3. The monoisotopic (exact) mass is 256 g/mol. The lowest BCUT2D eigenvalue weighted by Gasteiger charge is -2.48. The van der Waals surface area contributed by atoms with Crippen LogP contribution in [0.1, 0.15) is 26.7 Å². The number of hydrogen-bond donors (Lipinski definition) is 0. The minimum Gasteiger partial charge on any atom is -0.321 e. The van der Waals surface area contributed by atoms with Crippen molar-refractivity contribution in [2.45, 2.75) is 37.4 Å². The molecule has 98 valence electrons. The van der Waals surface area contributed by atoms with Gasteiger partial charge in [0.15, 0.2) is 0 Å². The molecule has 1 aliphatic heterocycles. The molecule has 1 amide bonds. The average Bonchev–Trinajstić information content (AvgIpc) is 2.26. The first kappa shape index (κ1) is 13.2. The Morgan fingerprint density at radius 1 is 1.24 bits per heavy atom. The number of nitrogens with zero attached hydrogens (tertiary/aromatic N) is 2. The van der Waals surface area contributed by atoms with E-state index in [4.69, 9.17) is 0 Å². The van der Waals surface area contributed by atoms with Gasteiger partial charge in [-0.2, -0.15) is 0 Å². The van der Waals surface area contributed by atoms with Gasteiger partial charge in [-0.1, -0.05) is 13.8 Å². The van der Waals surface area contributed by atoms with Crippen LogP contribution in [-0.2, 0) is 4.79 Å². The average molecular weight is 256 g/mol. The molecule has 1 saturated carbocycles. The molecule has 1 heterocycles. The van der Waals surface area contributed by atoms with Crippen LogP contribution < -0.4 is 0 Å². The fraction of sp³-hybridized carbons (Fsp3) is 0.923. The number of fused-ring (bicyclic) bond motifs is 1. The molecule has 2 rings (SSSR count). The smallest absolute Gasteiger partial charge is 0.228 e. The summed E-state index contributed by atoms with van der Waals surface area (Å²) in [6, 6.07) is 0. The van der Waals surface area contributed by atoms with Crippen molar-refractivity contribution in [1.29, 1.82) is 0 Å². The van der Waals surface area contributed by atoms with E-state index in [1.807, 2.05) is 23.7 Å². The minimum absolute atomic E-state index is 0.212. The zero-order chi connectivity index (χ0) is 12.7. The van der Waals surface area contributed by atoms with Crippen molar-refractivity contribution in [3.8, 4) is 0 Å². The molecule has 1 saturated heterocycles. The molecule has 4 heteroatoms. The highest BCUT2D eigenvalue weighted by Crippen LogP contribution is 2.45. The van der Waals surface area contributed by atoms with Gasteiger partial charge in [0.2, 0.25) is 5.91 Å². The van der Waals surface area contributed by atoms with Crippen molar-refractivity contribution >= 4 is 17.7 Å². The molecule has 0 N–H and O–H groups in total. The molecule has 2 aliphatic rings. The predicted octanol–water partition coefficient (Wildman–Crippen LogP) is 2.09. The van der Waals surface area contributed by atoms with Crippen LogP contribution in [-0.4, -0.2) is 47.6 Å². The first-order valence-electron chi connectivity index (χ1n) is 6.50. The molecule has 3 nitrogen and oxygen atoms in total. The van der Waals surface area contributed by atoms with Crippen LogP contribution in [0.25, 0.3) is 0 Å². The minimum atomic E-state index is 0.212. The molecule has 0 aromatic carbocycles. The Balaban J connectivity index is 2.16. The molecule has 2 fully saturated rings. The van der Waals surface area contributed by atoms with Gasteiger partial charge in [-0.25, -0.2) is 0 Å². The van der Waals surface area contributed by atoms with E-state index < -0.39 is 0 Å². The summed E-state index contributed by atoms with van der Waals surface area (Å²) >= 11 is 1.97. The first-order chi connectivity index (χ1) is 7.91. The van der Waals surface area contributed by atoms with E-state index in [1.165, 1.54) is 6.42 Å². The number of carbonyl (C=O) groups excluding carboxylic acids is 1. The third-order valence-corrected chi connectivity index (χ3v) is 6.24. The molecule has 0 spiro atoms. The maximum absolute atomic E-state index is 12.4. The van der Waals surface area contributed by atoms with Gasteiger partial charge in [-0.3, -0.25) is 9.69 Å². The molecule has 5 atom stereocenters. The third kappa shape index (κ3) is 2.34. The summed E-state index contributed by atoms with van der Waals surface area (Å²) in [5, 5.41) is 0.525. The lowest BCUT2D eigenvalue weighted by molar-refractivity contribution is -0.139. The number of hydrogen-bond acceptors (Lipinski definition) is 3. The SMILES string of the molecule is CC1CC2SC(N(C)C)N(C)C(=O)C2CC1C. The highest BCUT2D eigenvalue weighted by molar-refractivity contribution is 8.00. The van der Waals surface area contributed by atoms with Gasteiger partial charge >= 0.3 is 0 Å². The van der Waals surface area contributed by atoms with Crippen LogP contribution in [0.5, 0.6) is 0 Å². The lowest BCUT2D eigenvalue weighted by atomic mass is 9.75. The van der Waals surface area contributed by atoms with Gasteiger partial charge in [0.25, 0.3) is 0 Å². The number of rotatable bonds is 1. The Kier molecular flexibility index (Phi) is 3.74. The fourth-order valence-electron chi connectivity index (χ4n) is 3.04. The van der Waals surface area contributed by atoms with Crippen LogP contribution in [0.2, 0.25) is 0 Å². The molecule has 5 unspecified atom stereocenters. The van der Waals surface area contributed by atoms with Gasteiger partial charge in [0.05, 0.1) is 5.92 Å². The molecule has 1 aliphatic carbocycles. The summed E-state index contributed by atoms with van der Waals surface area (Å²) in [5.41, 5.74) is 0.212. The van der Waals surface area contributed by atoms with E-state index in [-0.39, 0.29) is 11.4 Å². The van der Waals surface area contributed by atoms with Gasteiger partial charge in [-0.15, -0.1) is 11.8 Å². The molecular formula is C13H24N2OS. The Bertz CT molecular complexity index is 308. The Labute approximate surface area is 109 Å². The number of thioether (sulfide) groups is 1. The number of carbonyl (C=O) groups is 1. The maximum Gasteiger partial charge on any atom is 0.228 e. The quantitative estimate of drug-likeness (QED) is 0.718. The van der Waals surface area contributed by atoms with E-state index in [1.54, 1.807) is 0 Å². The molecule has 0 radical (unpaired) electrons. The first-order valence-corrected chi connectivity index (χ1v) is 7.44. The van der Waals surface area contributed by atoms with Crippen LogP contribution in [0.3, 0.4) is 0 Å². The second-order valence-electron chi connectivity index (χ2n) is 5.95. The Morgan fingerprint density at radius 2 is 1.82 bits per heavy atom. The standard InChI is InChI=1S/C13H24N2OS/c1-8-6-10-11(7-9(8)2)17-13(14(3)4)15(5)12(10)16/h8-11,13H,6-7H2,1-5H3. The molecule has 0 bridgehead atoms. The lowest BCUT2D eigenvalue weighted by Crippen LogP contribution is -2.55. The van der Waals surface area contributed by atoms with Crippen LogP contribution >= 0.6 is 11.8 Å². The fourth-order valence-corrected chi connectivity index (χ4v) is 4.72. The van der Waals surface area contributed by atoms with Gasteiger partial charge < -0.3 is 4.90 Å². The van der Waals surface area contributed by atoms with E-state index in [2.05, 4.69) is 32.8 Å². The van der Waals surface area contributed by atoms with E-state index in [0.29, 0.717) is 17.1 Å². The summed E-state index contributed by atoms with van der Waals surface area (Å²) in [6.45, 7) is 4.62. The Morgan fingerprint density at radius 3 is 2.41 bits per heavy atom. The second kappa shape index (κ2) is 4.81. The van der Waals surface area contributed by atoms with Gasteiger partial charge in [0.1, 0.15) is 5.50 Å². The predicted molar refractivity (Wildman–Crippen MR) is 72.7 cm³/mol. The van der Waals surface area contributed by atoms with Crippen molar-refractivity contribution in [1.82, 2.24) is 9.80 Å². The zero-order valence-electron chi connectivity index (χ0n) is 11.5. The summed E-state index contributed by atoms with van der Waals surface area (Å²) in [6.07, 6.45) is 2.27. The van der Waals surface area contributed by atoms with Gasteiger partial charge in [0, 0.05) is 12.3 Å². The van der Waals surface area contributed by atoms with Crippen molar-refractivity contribution in [3.63, 3.8) is 0 Å². The second-order valence-corrected chi connectivity index (χ2v) is 7.25. The molecule has 0 aromatic heterocycles. The summed E-state index contributed by atoms with van der Waals surface area (Å²) in [7, 11) is 6.05. The molecule has 17 heavy (non-hydrogen) atoms. The Hall–Kier alpha value is -0.220. The van der Waals surface area contributed by atoms with Gasteiger partial charge in [-0.05, 0) is 38.8 Å². The van der Waals surface area contributed by atoms with Crippen LogP contribution in [0.15, 0.2) is 0 Å². The summed E-state index contributed by atoms with van der Waals surface area (Å²) in [4.78, 5) is 16.5. The van der Waals surface area contributed by atoms with Crippen molar-refractivity contribution < 1.29 is 4.79 Å². The topological polar surface area (TPSA) is 23.6 Å². The third-order valence-electron chi connectivity index (χ3n) is 4.38. The van der Waals surface area contributed by atoms with Crippen LogP contribution in [0.4, 0.5) is 0 Å². The van der Waals surface area contributed by atoms with E-state index in [9.17, 15) is 4.79 Å². The van der Waals surface area contributed by atoms with Crippen LogP contribution in [0, 0.1) is 17.8 Å².